The highest BCUT2D eigenvalue weighted by Gasteiger charge is 2.25. The van der Waals surface area contributed by atoms with Gasteiger partial charge in [-0.1, -0.05) is 30.3 Å². The molecule has 0 bridgehead atoms. The number of hydrogen-bond acceptors (Lipinski definition) is 4. The average Bonchev–Trinajstić information content (AvgIpc) is 3.15. The highest BCUT2D eigenvalue weighted by molar-refractivity contribution is 8.00. The van der Waals surface area contributed by atoms with E-state index >= 15 is 0 Å². The predicted molar refractivity (Wildman–Crippen MR) is 88.7 cm³/mol. The number of carbonyl (C=O) groups is 2. The van der Waals surface area contributed by atoms with Gasteiger partial charge in [0.2, 0.25) is 11.8 Å². The summed E-state index contributed by atoms with van der Waals surface area (Å²) in [7, 11) is 1.89. The number of carbonyl (C=O) groups excluding carboxylic acids is 2. The highest BCUT2D eigenvalue weighted by Crippen LogP contribution is 2.20. The van der Waals surface area contributed by atoms with Crippen LogP contribution in [0.5, 0.6) is 0 Å². The first-order valence-corrected chi connectivity index (χ1v) is 8.47. The second-order valence-corrected chi connectivity index (χ2v) is 6.33. The van der Waals surface area contributed by atoms with Gasteiger partial charge in [-0.05, 0) is 5.56 Å². The Balaban J connectivity index is 1.78. The Morgan fingerprint density at radius 2 is 2.17 bits per heavy atom. The number of amides is 2. The quantitative estimate of drug-likeness (QED) is 0.893. The van der Waals surface area contributed by atoms with Crippen LogP contribution in [-0.2, 0) is 16.6 Å². The van der Waals surface area contributed by atoms with E-state index in [9.17, 15) is 9.59 Å². The monoisotopic (exact) mass is 330 g/mol. The number of benzene rings is 1. The summed E-state index contributed by atoms with van der Waals surface area (Å²) in [4.78, 5) is 30.0. The number of nitrogens with zero attached hydrogens (tertiary/aromatic N) is 3. The molecule has 2 aromatic rings. The minimum atomic E-state index is -0.339. The number of hydrogen-bond donors (Lipinski definition) is 1. The second-order valence-electron chi connectivity index (χ2n) is 5.38. The number of thioether (sulfide) groups is 1. The van der Waals surface area contributed by atoms with E-state index in [1.54, 1.807) is 11.1 Å². The SMILES string of the molecule is Cn1ccnc1[C@H](NC(=O)CN1CSCC1=O)c1ccccc1. The van der Waals surface area contributed by atoms with E-state index in [2.05, 4.69) is 10.3 Å². The van der Waals surface area contributed by atoms with E-state index in [1.807, 2.05) is 48.1 Å². The van der Waals surface area contributed by atoms with Gasteiger partial charge in [-0.25, -0.2) is 4.98 Å². The van der Waals surface area contributed by atoms with Crippen LogP contribution in [0, 0.1) is 0 Å². The van der Waals surface area contributed by atoms with Crippen molar-refractivity contribution in [2.45, 2.75) is 6.04 Å². The zero-order valence-electron chi connectivity index (χ0n) is 12.8. The lowest BCUT2D eigenvalue weighted by atomic mass is 10.1. The summed E-state index contributed by atoms with van der Waals surface area (Å²) in [5, 5.41) is 3.00. The van der Waals surface area contributed by atoms with Gasteiger partial charge in [0, 0.05) is 19.4 Å². The van der Waals surface area contributed by atoms with E-state index in [4.69, 9.17) is 0 Å². The van der Waals surface area contributed by atoms with Gasteiger partial charge in [-0.3, -0.25) is 9.59 Å². The van der Waals surface area contributed by atoms with E-state index in [1.165, 1.54) is 11.8 Å². The average molecular weight is 330 g/mol. The molecule has 120 valence electrons. The second kappa shape index (κ2) is 6.87. The van der Waals surface area contributed by atoms with Crippen molar-refractivity contribution in [3.05, 3.63) is 54.1 Å². The van der Waals surface area contributed by atoms with E-state index in [0.29, 0.717) is 11.6 Å². The normalized spacial score (nSPS) is 15.7. The van der Waals surface area contributed by atoms with Crippen LogP contribution < -0.4 is 5.32 Å². The van der Waals surface area contributed by atoms with Gasteiger partial charge in [0.05, 0.1) is 11.6 Å². The first kappa shape index (κ1) is 15.6. The fourth-order valence-corrected chi connectivity index (χ4v) is 3.42. The Morgan fingerprint density at radius 3 is 2.78 bits per heavy atom. The third kappa shape index (κ3) is 3.56. The van der Waals surface area contributed by atoms with Crippen molar-refractivity contribution in [3.63, 3.8) is 0 Å². The van der Waals surface area contributed by atoms with Crippen molar-refractivity contribution < 1.29 is 9.59 Å². The molecule has 0 spiro atoms. The number of aromatic nitrogens is 2. The molecule has 1 aromatic carbocycles. The first-order valence-electron chi connectivity index (χ1n) is 7.32. The van der Waals surface area contributed by atoms with Crippen molar-refractivity contribution in [2.24, 2.45) is 7.05 Å². The molecule has 1 saturated heterocycles. The predicted octanol–water partition coefficient (Wildman–Crippen LogP) is 1.16. The molecule has 1 fully saturated rings. The van der Waals surface area contributed by atoms with Crippen LogP contribution in [0.15, 0.2) is 42.7 Å². The molecule has 0 saturated carbocycles. The third-order valence-corrected chi connectivity index (χ3v) is 4.66. The summed E-state index contributed by atoms with van der Waals surface area (Å²) in [6.07, 6.45) is 3.55. The van der Waals surface area contributed by atoms with Crippen LogP contribution in [0.4, 0.5) is 0 Å². The molecule has 1 aliphatic heterocycles. The van der Waals surface area contributed by atoms with Gasteiger partial charge in [0.1, 0.15) is 18.4 Å². The Kier molecular flexibility index (Phi) is 4.66. The fourth-order valence-electron chi connectivity index (χ4n) is 2.52. The maximum atomic E-state index is 12.4. The molecule has 2 amide bonds. The molecule has 1 N–H and O–H groups in total. The first-order chi connectivity index (χ1) is 11.1. The summed E-state index contributed by atoms with van der Waals surface area (Å²) in [6, 6.07) is 9.36. The Labute approximate surface area is 138 Å². The van der Waals surface area contributed by atoms with Crippen molar-refractivity contribution in [3.8, 4) is 0 Å². The molecule has 2 heterocycles. The molecular formula is C16H18N4O2S. The van der Waals surface area contributed by atoms with Gasteiger partial charge >= 0.3 is 0 Å². The van der Waals surface area contributed by atoms with Crippen LogP contribution in [0.1, 0.15) is 17.4 Å². The lowest BCUT2D eigenvalue weighted by Gasteiger charge is -2.21. The molecule has 1 aromatic heterocycles. The number of nitrogens with one attached hydrogen (secondary N) is 1. The van der Waals surface area contributed by atoms with Crippen LogP contribution in [0.3, 0.4) is 0 Å². The van der Waals surface area contributed by atoms with Crippen LogP contribution in [0.2, 0.25) is 0 Å². The summed E-state index contributed by atoms with van der Waals surface area (Å²) in [5.41, 5.74) is 0.956. The largest absolute Gasteiger partial charge is 0.341 e. The molecular weight excluding hydrogens is 312 g/mol. The van der Waals surface area contributed by atoms with E-state index in [0.717, 1.165) is 11.4 Å². The molecule has 7 heteroatoms. The Bertz CT molecular complexity index is 701. The lowest BCUT2D eigenvalue weighted by molar-refractivity contribution is -0.132. The number of imidazole rings is 1. The van der Waals surface area contributed by atoms with Crippen molar-refractivity contribution in [2.75, 3.05) is 18.2 Å². The minimum Gasteiger partial charge on any atom is -0.341 e. The van der Waals surface area contributed by atoms with Gasteiger partial charge in [-0.2, -0.15) is 0 Å². The van der Waals surface area contributed by atoms with Crippen LogP contribution in [0.25, 0.3) is 0 Å². The van der Waals surface area contributed by atoms with E-state index < -0.39 is 0 Å². The van der Waals surface area contributed by atoms with Crippen molar-refractivity contribution >= 4 is 23.6 Å². The van der Waals surface area contributed by atoms with Gasteiger partial charge < -0.3 is 14.8 Å². The Hall–Kier alpha value is -2.28. The highest BCUT2D eigenvalue weighted by atomic mass is 32.2. The molecule has 0 unspecified atom stereocenters. The van der Waals surface area contributed by atoms with Gasteiger partial charge in [0.15, 0.2) is 0 Å². The standard InChI is InChI=1S/C16H18N4O2S/c1-19-8-7-17-16(19)15(12-5-3-2-4-6-12)18-13(21)9-20-11-23-10-14(20)22/h2-8,15H,9-11H2,1H3,(H,18,21)/t15-/m1/s1. The van der Waals surface area contributed by atoms with Gasteiger partial charge in [0.25, 0.3) is 0 Å². The lowest BCUT2D eigenvalue weighted by Crippen LogP contribution is -2.40. The zero-order valence-corrected chi connectivity index (χ0v) is 13.6. The number of aryl methyl sites for hydroxylation is 1. The maximum absolute atomic E-state index is 12.4. The molecule has 1 aliphatic rings. The molecule has 23 heavy (non-hydrogen) atoms. The maximum Gasteiger partial charge on any atom is 0.240 e. The molecule has 6 nitrogen and oxygen atoms in total. The zero-order chi connectivity index (χ0) is 16.2. The summed E-state index contributed by atoms with van der Waals surface area (Å²) >= 11 is 1.53. The minimum absolute atomic E-state index is 0.0124. The number of rotatable bonds is 5. The van der Waals surface area contributed by atoms with Crippen LogP contribution >= 0.6 is 11.8 Å². The summed E-state index contributed by atoms with van der Waals surface area (Å²) < 4.78 is 1.88. The molecule has 1 atom stereocenters. The van der Waals surface area contributed by atoms with Crippen LogP contribution in [-0.4, -0.2) is 44.4 Å². The summed E-state index contributed by atoms with van der Waals surface area (Å²) in [5.74, 6) is 1.61. The van der Waals surface area contributed by atoms with Crippen molar-refractivity contribution in [1.29, 1.82) is 0 Å². The van der Waals surface area contributed by atoms with Gasteiger partial charge in [-0.15, -0.1) is 11.8 Å². The van der Waals surface area contributed by atoms with Crippen molar-refractivity contribution in [1.82, 2.24) is 19.8 Å². The fraction of sp³-hybridized carbons (Fsp3) is 0.312. The smallest absolute Gasteiger partial charge is 0.240 e. The molecule has 3 rings (SSSR count). The third-order valence-electron chi connectivity index (χ3n) is 3.71. The molecule has 0 aliphatic carbocycles. The topological polar surface area (TPSA) is 67.2 Å². The van der Waals surface area contributed by atoms with E-state index in [-0.39, 0.29) is 24.4 Å². The molecule has 0 radical (unpaired) electrons. The Morgan fingerprint density at radius 1 is 1.39 bits per heavy atom. The summed E-state index contributed by atoms with van der Waals surface area (Å²) in [6.45, 7) is 0.0829.